The Bertz CT molecular complexity index is 1110. The zero-order valence-electron chi connectivity index (χ0n) is 18.0. The maximum Gasteiger partial charge on any atom is 0.416 e. The lowest BCUT2D eigenvalue weighted by Crippen LogP contribution is -2.38. The van der Waals surface area contributed by atoms with Crippen LogP contribution in [0.3, 0.4) is 0 Å². The van der Waals surface area contributed by atoms with Crippen LogP contribution in [-0.4, -0.2) is 55.2 Å². The Morgan fingerprint density at radius 2 is 1.75 bits per heavy atom. The molecule has 0 spiro atoms. The third kappa shape index (κ3) is 4.38. The minimum Gasteiger partial charge on any atom is -0.497 e. The number of halogens is 3. The van der Waals surface area contributed by atoms with Crippen LogP contribution in [0.25, 0.3) is 10.9 Å². The number of fused-ring (bicyclic) bond motifs is 1. The molecule has 1 aliphatic rings. The first-order valence-electron chi connectivity index (χ1n) is 10.5. The Hall–Kier alpha value is -2.84. The van der Waals surface area contributed by atoms with Gasteiger partial charge in [-0.25, -0.2) is 0 Å². The van der Waals surface area contributed by atoms with Crippen molar-refractivity contribution < 1.29 is 27.4 Å². The molecule has 32 heavy (non-hydrogen) atoms. The lowest BCUT2D eigenvalue weighted by Gasteiger charge is -2.27. The first kappa shape index (κ1) is 22.4. The molecule has 0 bridgehead atoms. The normalized spacial score (nSPS) is 15.3. The number of hydrogen-bond donors (Lipinski definition) is 0. The molecule has 1 saturated heterocycles. The fourth-order valence-electron chi connectivity index (χ4n) is 4.18. The molecule has 2 heterocycles. The largest absolute Gasteiger partial charge is 0.497 e. The molecule has 1 aromatic heterocycles. The number of nitrogens with zero attached hydrogens (tertiary/aromatic N) is 2. The smallest absolute Gasteiger partial charge is 0.416 e. The van der Waals surface area contributed by atoms with Crippen LogP contribution in [0.15, 0.2) is 42.5 Å². The molecule has 1 aliphatic heterocycles. The first-order valence-corrected chi connectivity index (χ1v) is 10.5. The number of ketones is 1. The van der Waals surface area contributed by atoms with Gasteiger partial charge in [-0.05, 0) is 43.3 Å². The van der Waals surface area contributed by atoms with E-state index in [0.29, 0.717) is 59.8 Å². The Kier molecular flexibility index (Phi) is 6.26. The highest BCUT2D eigenvalue weighted by atomic mass is 19.4. The summed E-state index contributed by atoms with van der Waals surface area (Å²) in [6.45, 7) is 5.80. The van der Waals surface area contributed by atoms with Crippen LogP contribution in [0.1, 0.15) is 27.2 Å². The molecular formula is C24H25F3N2O3. The molecule has 0 aliphatic carbocycles. The topological polar surface area (TPSA) is 43.7 Å². The molecule has 4 rings (SSSR count). The highest BCUT2D eigenvalue weighted by molar-refractivity contribution is 6.17. The third-order valence-electron chi connectivity index (χ3n) is 5.97. The molecule has 1 fully saturated rings. The third-order valence-corrected chi connectivity index (χ3v) is 5.97. The predicted octanol–water partition coefficient (Wildman–Crippen LogP) is 4.54. The van der Waals surface area contributed by atoms with E-state index < -0.39 is 11.7 Å². The van der Waals surface area contributed by atoms with Crippen molar-refractivity contribution in [1.82, 2.24) is 9.47 Å². The second-order valence-electron chi connectivity index (χ2n) is 7.85. The van der Waals surface area contributed by atoms with Crippen LogP contribution in [0.5, 0.6) is 5.75 Å². The van der Waals surface area contributed by atoms with E-state index in [-0.39, 0.29) is 5.78 Å². The summed E-state index contributed by atoms with van der Waals surface area (Å²) >= 11 is 0. The average Bonchev–Trinajstić information content (AvgIpc) is 3.07. The molecular weight excluding hydrogens is 421 g/mol. The summed E-state index contributed by atoms with van der Waals surface area (Å²) in [7, 11) is 1.54. The summed E-state index contributed by atoms with van der Waals surface area (Å²) in [5.41, 5.74) is 1.25. The molecule has 2 aromatic carbocycles. The lowest BCUT2D eigenvalue weighted by atomic mass is 9.99. The van der Waals surface area contributed by atoms with Crippen molar-refractivity contribution >= 4 is 16.7 Å². The molecule has 3 aromatic rings. The zero-order valence-corrected chi connectivity index (χ0v) is 18.0. The highest BCUT2D eigenvalue weighted by Gasteiger charge is 2.32. The maximum absolute atomic E-state index is 13.4. The van der Waals surface area contributed by atoms with Crippen molar-refractivity contribution in [2.45, 2.75) is 19.6 Å². The second kappa shape index (κ2) is 8.96. The van der Waals surface area contributed by atoms with Gasteiger partial charge in [-0.2, -0.15) is 13.2 Å². The van der Waals surface area contributed by atoms with E-state index in [1.165, 1.54) is 6.07 Å². The number of benzene rings is 2. The Morgan fingerprint density at radius 3 is 2.38 bits per heavy atom. The molecule has 8 heteroatoms. The Morgan fingerprint density at radius 1 is 1.06 bits per heavy atom. The summed E-state index contributed by atoms with van der Waals surface area (Å²) in [4.78, 5) is 15.6. The Balaban J connectivity index is 1.77. The van der Waals surface area contributed by atoms with Gasteiger partial charge in [-0.3, -0.25) is 9.69 Å². The van der Waals surface area contributed by atoms with Crippen LogP contribution in [0.4, 0.5) is 13.2 Å². The van der Waals surface area contributed by atoms with Gasteiger partial charge >= 0.3 is 6.18 Å². The van der Waals surface area contributed by atoms with Crippen LogP contribution < -0.4 is 4.74 Å². The summed E-state index contributed by atoms with van der Waals surface area (Å²) in [5, 5.41) is 0.526. The molecule has 0 atom stereocenters. The van der Waals surface area contributed by atoms with E-state index in [1.807, 2.05) is 4.57 Å². The van der Waals surface area contributed by atoms with Gasteiger partial charge in [0, 0.05) is 48.3 Å². The number of methoxy groups -OCH3 is 1. The molecule has 0 amide bonds. The van der Waals surface area contributed by atoms with Crippen LogP contribution in [-0.2, 0) is 17.5 Å². The van der Waals surface area contributed by atoms with Gasteiger partial charge < -0.3 is 14.0 Å². The van der Waals surface area contributed by atoms with Crippen LogP contribution in [0.2, 0.25) is 0 Å². The Labute approximate surface area is 184 Å². The van der Waals surface area contributed by atoms with Gasteiger partial charge in [-0.15, -0.1) is 0 Å². The quantitative estimate of drug-likeness (QED) is 0.522. The van der Waals surface area contributed by atoms with Crippen LogP contribution in [0, 0.1) is 6.92 Å². The number of carbonyl (C=O) groups excluding carboxylic acids is 1. The van der Waals surface area contributed by atoms with Gasteiger partial charge in [-0.1, -0.05) is 6.07 Å². The van der Waals surface area contributed by atoms with E-state index in [4.69, 9.17) is 9.47 Å². The van der Waals surface area contributed by atoms with Crippen molar-refractivity contribution in [1.29, 1.82) is 0 Å². The minimum atomic E-state index is -4.46. The minimum absolute atomic E-state index is 0.222. The number of alkyl halides is 3. The van der Waals surface area contributed by atoms with E-state index in [0.717, 1.165) is 25.2 Å². The van der Waals surface area contributed by atoms with E-state index in [9.17, 15) is 18.0 Å². The first-order chi connectivity index (χ1) is 15.3. The summed E-state index contributed by atoms with van der Waals surface area (Å²) in [6, 6.07) is 10.3. The molecule has 0 saturated carbocycles. The van der Waals surface area contributed by atoms with Crippen molar-refractivity contribution in [3.05, 3.63) is 64.8 Å². The lowest BCUT2D eigenvalue weighted by molar-refractivity contribution is -0.137. The van der Waals surface area contributed by atoms with Gasteiger partial charge in [0.1, 0.15) is 5.75 Å². The average molecular weight is 446 g/mol. The number of aromatic nitrogens is 1. The van der Waals surface area contributed by atoms with Crippen molar-refractivity contribution in [3.8, 4) is 5.75 Å². The van der Waals surface area contributed by atoms with E-state index in [2.05, 4.69) is 4.90 Å². The SMILES string of the molecule is COc1ccc(C(=O)c2c(C)n(CCN3CCOCC3)c3cc(C(F)(F)F)ccc23)cc1. The standard InChI is InChI=1S/C24H25F3N2O3/c1-16-22(23(30)17-3-6-19(31-2)7-4-17)20-8-5-18(24(25,26)27)15-21(20)29(16)10-9-28-11-13-32-14-12-28/h3-8,15H,9-14H2,1-2H3. The number of morpholine rings is 1. The van der Waals surface area contributed by atoms with Crippen molar-refractivity contribution in [3.63, 3.8) is 0 Å². The summed E-state index contributed by atoms with van der Waals surface area (Å²) < 4.78 is 52.6. The van der Waals surface area contributed by atoms with Gasteiger partial charge in [0.05, 0.1) is 31.5 Å². The maximum atomic E-state index is 13.4. The zero-order chi connectivity index (χ0) is 22.9. The van der Waals surface area contributed by atoms with Crippen molar-refractivity contribution in [2.75, 3.05) is 40.0 Å². The van der Waals surface area contributed by atoms with E-state index >= 15 is 0 Å². The highest BCUT2D eigenvalue weighted by Crippen LogP contribution is 2.35. The van der Waals surface area contributed by atoms with Crippen LogP contribution >= 0.6 is 0 Å². The molecule has 5 nitrogen and oxygen atoms in total. The van der Waals surface area contributed by atoms with E-state index in [1.54, 1.807) is 38.3 Å². The molecule has 170 valence electrons. The number of rotatable bonds is 6. The van der Waals surface area contributed by atoms with Gasteiger partial charge in [0.15, 0.2) is 5.78 Å². The predicted molar refractivity (Wildman–Crippen MR) is 115 cm³/mol. The number of carbonyl (C=O) groups is 1. The van der Waals surface area contributed by atoms with Crippen molar-refractivity contribution in [2.24, 2.45) is 0 Å². The molecule has 0 radical (unpaired) electrons. The molecule has 0 unspecified atom stereocenters. The summed E-state index contributed by atoms with van der Waals surface area (Å²) in [5.74, 6) is 0.404. The van der Waals surface area contributed by atoms with Gasteiger partial charge in [0.2, 0.25) is 0 Å². The van der Waals surface area contributed by atoms with Gasteiger partial charge in [0.25, 0.3) is 0 Å². The fourth-order valence-corrected chi connectivity index (χ4v) is 4.18. The second-order valence-corrected chi connectivity index (χ2v) is 7.85. The fraction of sp³-hybridized carbons (Fsp3) is 0.375. The molecule has 0 N–H and O–H groups in total. The summed E-state index contributed by atoms with van der Waals surface area (Å²) in [6.07, 6.45) is -4.46. The number of hydrogen-bond acceptors (Lipinski definition) is 4. The monoisotopic (exact) mass is 446 g/mol. The number of ether oxygens (including phenoxy) is 2.